The molecule has 0 saturated heterocycles. The molecule has 1 aromatic heterocycles. The molecule has 0 aliphatic carbocycles. The van der Waals surface area contributed by atoms with Crippen molar-refractivity contribution < 1.29 is 23.8 Å². The first-order chi connectivity index (χ1) is 12.4. The number of ether oxygens (including phenoxy) is 3. The Morgan fingerprint density at radius 2 is 2.04 bits per heavy atom. The number of Topliss-reactive ketones (excluding diaryl/α,β-unsaturated/α-hetero) is 1. The van der Waals surface area contributed by atoms with Crippen molar-refractivity contribution in [2.45, 2.75) is 13.8 Å². The van der Waals surface area contributed by atoms with Gasteiger partial charge in [-0.05, 0) is 49.8 Å². The van der Waals surface area contributed by atoms with Gasteiger partial charge in [-0.1, -0.05) is 11.6 Å². The molecule has 0 saturated carbocycles. The Morgan fingerprint density at radius 3 is 2.65 bits per heavy atom. The van der Waals surface area contributed by atoms with E-state index in [-0.39, 0.29) is 12.4 Å². The van der Waals surface area contributed by atoms with E-state index in [1.165, 1.54) is 30.6 Å². The van der Waals surface area contributed by atoms with Crippen LogP contribution in [0.2, 0.25) is 5.02 Å². The topological polar surface area (TPSA) is 61.8 Å². The molecule has 1 aromatic carbocycles. The summed E-state index contributed by atoms with van der Waals surface area (Å²) in [5, 5.41) is 0.370. The zero-order chi connectivity index (χ0) is 19.1. The number of aryl methyl sites for hydroxylation is 1. The molecule has 0 unspecified atom stereocenters. The van der Waals surface area contributed by atoms with E-state index in [0.717, 1.165) is 4.88 Å². The summed E-state index contributed by atoms with van der Waals surface area (Å²) in [5.41, 5.74) is 0.649. The molecule has 2 rings (SSSR count). The molecule has 0 spiro atoms. The van der Waals surface area contributed by atoms with Crippen LogP contribution in [-0.4, -0.2) is 32.1 Å². The monoisotopic (exact) mass is 394 g/mol. The zero-order valence-electron chi connectivity index (χ0n) is 14.7. The van der Waals surface area contributed by atoms with Crippen LogP contribution in [0.25, 0.3) is 6.08 Å². The average Bonchev–Trinajstić information content (AvgIpc) is 3.04. The van der Waals surface area contributed by atoms with Crippen molar-refractivity contribution in [3.63, 3.8) is 0 Å². The van der Waals surface area contributed by atoms with E-state index in [9.17, 15) is 9.59 Å². The SMILES string of the molecule is CCOc1cc(/C=C/C(=O)OCC(=O)c2ccc(C)s2)cc(Cl)c1OC. The van der Waals surface area contributed by atoms with Gasteiger partial charge < -0.3 is 14.2 Å². The second kappa shape index (κ2) is 9.40. The molecule has 0 aliphatic rings. The van der Waals surface area contributed by atoms with E-state index in [1.54, 1.807) is 18.2 Å². The van der Waals surface area contributed by atoms with Crippen molar-refractivity contribution in [2.75, 3.05) is 20.3 Å². The molecule has 0 fully saturated rings. The lowest BCUT2D eigenvalue weighted by atomic mass is 10.2. The Morgan fingerprint density at radius 1 is 1.27 bits per heavy atom. The van der Waals surface area contributed by atoms with Crippen LogP contribution in [0.15, 0.2) is 30.3 Å². The van der Waals surface area contributed by atoms with E-state index >= 15 is 0 Å². The van der Waals surface area contributed by atoms with Crippen LogP contribution in [0.5, 0.6) is 11.5 Å². The zero-order valence-corrected chi connectivity index (χ0v) is 16.3. The van der Waals surface area contributed by atoms with Gasteiger partial charge in [0, 0.05) is 11.0 Å². The molecule has 0 radical (unpaired) electrons. The van der Waals surface area contributed by atoms with E-state index in [1.807, 2.05) is 19.9 Å². The largest absolute Gasteiger partial charge is 0.491 e. The first-order valence-electron chi connectivity index (χ1n) is 7.89. The van der Waals surface area contributed by atoms with Crippen molar-refractivity contribution in [3.05, 3.63) is 50.7 Å². The fourth-order valence-electron chi connectivity index (χ4n) is 2.15. The van der Waals surface area contributed by atoms with Crippen molar-refractivity contribution in [3.8, 4) is 11.5 Å². The van der Waals surface area contributed by atoms with Crippen LogP contribution in [0.3, 0.4) is 0 Å². The highest BCUT2D eigenvalue weighted by Gasteiger charge is 2.12. The Hall–Kier alpha value is -2.31. The summed E-state index contributed by atoms with van der Waals surface area (Å²) in [6.07, 6.45) is 2.77. The number of carbonyl (C=O) groups excluding carboxylic acids is 2. The number of benzene rings is 1. The Kier molecular flexibility index (Phi) is 7.24. The van der Waals surface area contributed by atoms with Crippen LogP contribution < -0.4 is 9.47 Å². The number of ketones is 1. The molecule has 5 nitrogen and oxygen atoms in total. The lowest BCUT2D eigenvalue weighted by Gasteiger charge is -2.11. The van der Waals surface area contributed by atoms with Gasteiger partial charge in [0.15, 0.2) is 18.1 Å². The number of thiophene rings is 1. The van der Waals surface area contributed by atoms with Crippen LogP contribution in [-0.2, 0) is 9.53 Å². The van der Waals surface area contributed by atoms with Gasteiger partial charge in [0.1, 0.15) is 0 Å². The second-order valence-corrected chi connectivity index (χ2v) is 6.94. The van der Waals surface area contributed by atoms with E-state index in [4.69, 9.17) is 25.8 Å². The maximum Gasteiger partial charge on any atom is 0.331 e. The highest BCUT2D eigenvalue weighted by Crippen LogP contribution is 2.36. The van der Waals surface area contributed by atoms with E-state index in [2.05, 4.69) is 0 Å². The van der Waals surface area contributed by atoms with Crippen molar-refractivity contribution in [2.24, 2.45) is 0 Å². The van der Waals surface area contributed by atoms with E-state index < -0.39 is 5.97 Å². The van der Waals surface area contributed by atoms with Gasteiger partial charge in [-0.15, -0.1) is 11.3 Å². The molecule has 138 valence electrons. The third-order valence-corrected chi connectivity index (χ3v) is 4.63. The number of rotatable bonds is 8. The fraction of sp³-hybridized carbons (Fsp3) is 0.263. The van der Waals surface area contributed by atoms with Gasteiger partial charge in [0.25, 0.3) is 0 Å². The molecule has 0 N–H and O–H groups in total. The van der Waals surface area contributed by atoms with Gasteiger partial charge in [-0.3, -0.25) is 4.79 Å². The Labute approximate surface area is 161 Å². The average molecular weight is 395 g/mol. The third-order valence-electron chi connectivity index (χ3n) is 3.31. The second-order valence-electron chi connectivity index (χ2n) is 5.24. The Balaban J connectivity index is 2.00. The van der Waals surface area contributed by atoms with Gasteiger partial charge in [-0.2, -0.15) is 0 Å². The summed E-state index contributed by atoms with van der Waals surface area (Å²) in [7, 11) is 1.50. The van der Waals surface area contributed by atoms with Crippen LogP contribution in [0.1, 0.15) is 27.0 Å². The minimum atomic E-state index is -0.614. The number of hydrogen-bond donors (Lipinski definition) is 0. The van der Waals surface area contributed by atoms with Gasteiger partial charge in [0.05, 0.1) is 23.6 Å². The summed E-state index contributed by atoms with van der Waals surface area (Å²) in [4.78, 5) is 25.4. The molecule has 0 atom stereocenters. The summed E-state index contributed by atoms with van der Waals surface area (Å²) in [6.45, 7) is 3.91. The molecule has 7 heteroatoms. The van der Waals surface area contributed by atoms with Crippen LogP contribution in [0.4, 0.5) is 0 Å². The third kappa shape index (κ3) is 5.34. The Bertz CT molecular complexity index is 825. The number of carbonyl (C=O) groups is 2. The molecule has 2 aromatic rings. The predicted molar refractivity (Wildman–Crippen MR) is 103 cm³/mol. The number of methoxy groups -OCH3 is 1. The minimum Gasteiger partial charge on any atom is -0.491 e. The molecule has 26 heavy (non-hydrogen) atoms. The molecular formula is C19H19ClO5S. The molecular weight excluding hydrogens is 376 g/mol. The van der Waals surface area contributed by atoms with Crippen LogP contribution in [0, 0.1) is 6.92 Å². The summed E-state index contributed by atoms with van der Waals surface area (Å²) in [6, 6.07) is 6.92. The number of esters is 1. The maximum atomic E-state index is 11.9. The maximum absolute atomic E-state index is 11.9. The van der Waals surface area contributed by atoms with Crippen molar-refractivity contribution in [1.29, 1.82) is 0 Å². The van der Waals surface area contributed by atoms with Gasteiger partial charge >= 0.3 is 5.97 Å². The van der Waals surface area contributed by atoms with Crippen LogP contribution >= 0.6 is 22.9 Å². The predicted octanol–water partition coefficient (Wildman–Crippen LogP) is 4.56. The molecule has 0 aliphatic heterocycles. The highest BCUT2D eigenvalue weighted by molar-refractivity contribution is 7.14. The summed E-state index contributed by atoms with van der Waals surface area (Å²) < 4.78 is 15.7. The molecule has 0 amide bonds. The summed E-state index contributed by atoms with van der Waals surface area (Å²) >= 11 is 7.53. The van der Waals surface area contributed by atoms with Crippen molar-refractivity contribution in [1.82, 2.24) is 0 Å². The molecule has 1 heterocycles. The van der Waals surface area contributed by atoms with Gasteiger partial charge in [-0.25, -0.2) is 4.79 Å². The first-order valence-corrected chi connectivity index (χ1v) is 9.08. The first kappa shape index (κ1) is 20.0. The fourth-order valence-corrected chi connectivity index (χ4v) is 3.24. The highest BCUT2D eigenvalue weighted by atomic mass is 35.5. The normalized spacial score (nSPS) is 10.8. The standard InChI is InChI=1S/C19H19ClO5S/c1-4-24-16-10-13(9-14(20)19(16)23-3)6-8-18(22)25-11-15(21)17-7-5-12(2)26-17/h5-10H,4,11H2,1-3H3/b8-6+. The quantitative estimate of drug-likeness (QED) is 0.373. The smallest absolute Gasteiger partial charge is 0.331 e. The lowest BCUT2D eigenvalue weighted by Crippen LogP contribution is -2.11. The summed E-state index contributed by atoms with van der Waals surface area (Å²) in [5.74, 6) is 0.0799. The number of halogens is 1. The van der Waals surface area contributed by atoms with Gasteiger partial charge in [0.2, 0.25) is 5.78 Å². The van der Waals surface area contributed by atoms with Crippen molar-refractivity contribution >= 4 is 40.8 Å². The molecule has 0 bridgehead atoms. The number of hydrogen-bond acceptors (Lipinski definition) is 6. The van der Waals surface area contributed by atoms with E-state index in [0.29, 0.717) is 33.6 Å². The lowest BCUT2D eigenvalue weighted by molar-refractivity contribution is -0.136. The minimum absolute atomic E-state index is 0.226.